The highest BCUT2D eigenvalue weighted by Crippen LogP contribution is 2.33. The van der Waals surface area contributed by atoms with Gasteiger partial charge in [-0.1, -0.05) is 44.2 Å². The lowest BCUT2D eigenvalue weighted by molar-refractivity contribution is -0.151. The number of ether oxygens (including phenoxy) is 3. The molecule has 2 atom stereocenters. The summed E-state index contributed by atoms with van der Waals surface area (Å²) in [4.78, 5) is 11.6. The summed E-state index contributed by atoms with van der Waals surface area (Å²) in [5.74, 6) is -0.206. The van der Waals surface area contributed by atoms with Gasteiger partial charge in [0.2, 0.25) is 10.0 Å². The number of aliphatic hydroxyl groups excluding tert-OH is 1. The van der Waals surface area contributed by atoms with Gasteiger partial charge in [0.1, 0.15) is 5.75 Å². The number of hydrogen-bond acceptors (Lipinski definition) is 7. The van der Waals surface area contributed by atoms with E-state index in [1.807, 2.05) is 51.1 Å². The summed E-state index contributed by atoms with van der Waals surface area (Å²) in [6.07, 6.45) is -1.26. The Morgan fingerprint density at radius 1 is 1.13 bits per heavy atom. The second kappa shape index (κ2) is 13.1. The van der Waals surface area contributed by atoms with Crippen molar-refractivity contribution in [3.63, 3.8) is 0 Å². The topological polar surface area (TPSA) is 135 Å². The van der Waals surface area contributed by atoms with Crippen molar-refractivity contribution in [2.24, 2.45) is 5.41 Å². The van der Waals surface area contributed by atoms with Gasteiger partial charge in [-0.25, -0.2) is 13.2 Å². The van der Waals surface area contributed by atoms with Crippen molar-refractivity contribution in [1.82, 2.24) is 9.62 Å². The standard InChI is InChI=1S/C28H40N2O8S/c1-27(2,14-15-28(3)37-16-17-38-28)20-30(39(34,35)23-12-10-22(36-4)11-13-23)19-25(31)24(29-26(32)33)18-21-8-6-5-7-9-21/h5-13,24-25,29,31H,14-20H2,1-4H3,(H,32,33)/t24-,25-/m0/s1. The summed E-state index contributed by atoms with van der Waals surface area (Å²) in [6.45, 7) is 6.58. The highest BCUT2D eigenvalue weighted by atomic mass is 32.2. The third-order valence-corrected chi connectivity index (χ3v) is 8.74. The molecule has 39 heavy (non-hydrogen) atoms. The van der Waals surface area contributed by atoms with E-state index >= 15 is 0 Å². The van der Waals surface area contributed by atoms with Crippen LogP contribution < -0.4 is 10.1 Å². The number of rotatable bonds is 14. The van der Waals surface area contributed by atoms with E-state index in [0.717, 1.165) is 5.56 Å². The zero-order valence-corrected chi connectivity index (χ0v) is 23.8. The Morgan fingerprint density at radius 3 is 2.31 bits per heavy atom. The molecule has 1 saturated heterocycles. The van der Waals surface area contributed by atoms with E-state index in [1.165, 1.54) is 23.5 Å². The number of carbonyl (C=O) groups is 1. The van der Waals surface area contributed by atoms with Gasteiger partial charge < -0.3 is 29.7 Å². The summed E-state index contributed by atoms with van der Waals surface area (Å²) in [5, 5.41) is 23.0. The van der Waals surface area contributed by atoms with Crippen molar-refractivity contribution in [3.05, 3.63) is 60.2 Å². The highest BCUT2D eigenvalue weighted by Gasteiger charge is 2.37. The van der Waals surface area contributed by atoms with Gasteiger partial charge in [0.05, 0.1) is 37.4 Å². The van der Waals surface area contributed by atoms with E-state index in [9.17, 15) is 23.4 Å². The van der Waals surface area contributed by atoms with Gasteiger partial charge in [-0.15, -0.1) is 0 Å². The first kappa shape index (κ1) is 30.8. The number of hydrogen-bond donors (Lipinski definition) is 3. The van der Waals surface area contributed by atoms with Crippen LogP contribution in [-0.4, -0.2) is 80.4 Å². The molecule has 1 heterocycles. The second-order valence-corrected chi connectivity index (χ2v) is 12.7. The fourth-order valence-electron chi connectivity index (χ4n) is 4.61. The lowest BCUT2D eigenvalue weighted by Gasteiger charge is -2.36. The van der Waals surface area contributed by atoms with Gasteiger partial charge in [-0.05, 0) is 55.0 Å². The Balaban J connectivity index is 1.87. The molecule has 0 unspecified atom stereocenters. The quantitative estimate of drug-likeness (QED) is 0.317. The Bertz CT molecular complexity index is 1170. The molecule has 0 radical (unpaired) electrons. The molecule has 2 aromatic carbocycles. The molecule has 0 aromatic heterocycles. The minimum atomic E-state index is -4.06. The molecule has 1 amide bonds. The molecule has 3 rings (SSSR count). The van der Waals surface area contributed by atoms with Gasteiger partial charge in [-0.3, -0.25) is 0 Å². The predicted octanol–water partition coefficient (Wildman–Crippen LogP) is 3.50. The molecule has 11 heteroatoms. The van der Waals surface area contributed by atoms with Crippen LogP contribution in [0.25, 0.3) is 0 Å². The van der Waals surface area contributed by atoms with Gasteiger partial charge in [0.25, 0.3) is 0 Å². The number of carboxylic acid groups (broad SMARTS) is 1. The smallest absolute Gasteiger partial charge is 0.404 e. The minimum absolute atomic E-state index is 0.0477. The first-order valence-corrected chi connectivity index (χ1v) is 14.4. The average Bonchev–Trinajstić information content (AvgIpc) is 3.34. The third-order valence-electron chi connectivity index (χ3n) is 6.92. The summed E-state index contributed by atoms with van der Waals surface area (Å²) in [6, 6.07) is 14.2. The third kappa shape index (κ3) is 8.91. The molecule has 2 aromatic rings. The Labute approximate surface area is 230 Å². The molecule has 1 aliphatic heterocycles. The van der Waals surface area contributed by atoms with Crippen LogP contribution in [0.4, 0.5) is 4.79 Å². The van der Waals surface area contributed by atoms with Crippen molar-refractivity contribution < 1.29 is 37.6 Å². The fraction of sp³-hybridized carbons (Fsp3) is 0.536. The van der Waals surface area contributed by atoms with E-state index in [2.05, 4.69) is 5.32 Å². The molecule has 0 spiro atoms. The number of methoxy groups -OCH3 is 1. The second-order valence-electron chi connectivity index (χ2n) is 10.8. The zero-order chi connectivity index (χ0) is 28.7. The molecule has 0 saturated carbocycles. The van der Waals surface area contributed by atoms with Crippen LogP contribution in [0, 0.1) is 5.41 Å². The maximum atomic E-state index is 13.9. The SMILES string of the molecule is COc1ccc(S(=O)(=O)N(C[C@H](O)[C@H](Cc2ccccc2)NC(=O)O)CC(C)(C)CCC2(C)OCCO2)cc1. The lowest BCUT2D eigenvalue weighted by atomic mass is 9.86. The molecular formula is C28H40N2O8S. The number of amides is 1. The average molecular weight is 565 g/mol. The first-order chi connectivity index (χ1) is 18.3. The van der Waals surface area contributed by atoms with Crippen molar-refractivity contribution in [3.8, 4) is 5.75 Å². The van der Waals surface area contributed by atoms with Gasteiger partial charge >= 0.3 is 6.09 Å². The summed E-state index contributed by atoms with van der Waals surface area (Å²) < 4.78 is 45.6. The lowest BCUT2D eigenvalue weighted by Crippen LogP contribution is -2.51. The molecule has 1 fully saturated rings. The van der Waals surface area contributed by atoms with Crippen LogP contribution >= 0.6 is 0 Å². The normalized spacial score (nSPS) is 17.1. The molecule has 3 N–H and O–H groups in total. The molecule has 0 bridgehead atoms. The first-order valence-electron chi connectivity index (χ1n) is 13.0. The van der Waals surface area contributed by atoms with E-state index in [1.54, 1.807) is 12.1 Å². The summed E-state index contributed by atoms with van der Waals surface area (Å²) >= 11 is 0. The Morgan fingerprint density at radius 2 is 1.74 bits per heavy atom. The largest absolute Gasteiger partial charge is 0.497 e. The van der Waals surface area contributed by atoms with Gasteiger partial charge in [0.15, 0.2) is 5.79 Å². The monoisotopic (exact) mass is 564 g/mol. The van der Waals surface area contributed by atoms with Gasteiger partial charge in [-0.2, -0.15) is 4.31 Å². The summed E-state index contributed by atoms with van der Waals surface area (Å²) in [5.41, 5.74) is 0.289. The van der Waals surface area contributed by atoms with Crippen LogP contribution in [0.1, 0.15) is 39.2 Å². The van der Waals surface area contributed by atoms with Crippen LogP contribution in [0.5, 0.6) is 5.75 Å². The van der Waals surface area contributed by atoms with E-state index in [-0.39, 0.29) is 24.4 Å². The number of aliphatic hydroxyl groups is 1. The number of nitrogens with one attached hydrogen (secondary N) is 1. The molecule has 0 aliphatic carbocycles. The molecule has 1 aliphatic rings. The predicted molar refractivity (Wildman–Crippen MR) is 146 cm³/mol. The maximum absolute atomic E-state index is 13.9. The molecular weight excluding hydrogens is 524 g/mol. The fourth-order valence-corrected chi connectivity index (χ4v) is 6.26. The van der Waals surface area contributed by atoms with Crippen molar-refractivity contribution >= 4 is 16.1 Å². The van der Waals surface area contributed by atoms with Crippen LogP contribution in [-0.2, 0) is 25.9 Å². The molecule has 216 valence electrons. The maximum Gasteiger partial charge on any atom is 0.404 e. The van der Waals surface area contributed by atoms with Gasteiger partial charge in [0, 0.05) is 19.5 Å². The number of nitrogens with zero attached hydrogens (tertiary/aromatic N) is 1. The van der Waals surface area contributed by atoms with Crippen LogP contribution in [0.15, 0.2) is 59.5 Å². The van der Waals surface area contributed by atoms with Crippen LogP contribution in [0.3, 0.4) is 0 Å². The van der Waals surface area contributed by atoms with Crippen molar-refractivity contribution in [2.75, 3.05) is 33.4 Å². The zero-order valence-electron chi connectivity index (χ0n) is 23.0. The van der Waals surface area contributed by atoms with Crippen molar-refractivity contribution in [1.29, 1.82) is 0 Å². The van der Waals surface area contributed by atoms with Crippen LogP contribution in [0.2, 0.25) is 0 Å². The minimum Gasteiger partial charge on any atom is -0.497 e. The summed E-state index contributed by atoms with van der Waals surface area (Å²) in [7, 11) is -2.57. The van der Waals surface area contributed by atoms with E-state index in [4.69, 9.17) is 14.2 Å². The van der Waals surface area contributed by atoms with E-state index < -0.39 is 39.5 Å². The number of sulfonamides is 1. The highest BCUT2D eigenvalue weighted by molar-refractivity contribution is 7.89. The number of benzene rings is 2. The van der Waals surface area contributed by atoms with Crippen molar-refractivity contribution in [2.45, 2.75) is 62.9 Å². The molecule has 10 nitrogen and oxygen atoms in total. The Kier molecular flexibility index (Phi) is 10.4. The van der Waals surface area contributed by atoms with E-state index in [0.29, 0.717) is 31.8 Å². The Hall–Kier alpha value is -2.70.